The Hall–Kier alpha value is -1.29. The molecule has 0 atom stereocenters. The topological polar surface area (TPSA) is 51.4 Å². The second-order valence-electron chi connectivity index (χ2n) is 4.48. The number of hydrogen-bond acceptors (Lipinski definition) is 4. The lowest BCUT2D eigenvalue weighted by atomic mass is 10.1. The van der Waals surface area contributed by atoms with E-state index in [4.69, 9.17) is 10.5 Å². The highest BCUT2D eigenvalue weighted by Crippen LogP contribution is 2.21. The third-order valence-corrected chi connectivity index (χ3v) is 2.52. The van der Waals surface area contributed by atoms with Gasteiger partial charge in [-0.15, -0.1) is 0 Å². The van der Waals surface area contributed by atoms with Crippen molar-refractivity contribution < 1.29 is 4.74 Å². The van der Waals surface area contributed by atoms with Gasteiger partial charge in [-0.25, -0.2) is 4.98 Å². The monoisotopic (exact) mass is 207 g/mol. The Labute approximate surface area is 90.0 Å². The molecule has 1 aromatic heterocycles. The lowest BCUT2D eigenvalue weighted by Crippen LogP contribution is -2.48. The summed E-state index contributed by atoms with van der Waals surface area (Å²) in [5.41, 5.74) is 6.21. The van der Waals surface area contributed by atoms with Crippen molar-refractivity contribution in [1.29, 1.82) is 0 Å². The Balaban J connectivity index is 2.13. The second-order valence-corrected chi connectivity index (χ2v) is 4.48. The Bertz CT molecular complexity index is 334. The number of hydrogen-bond donors (Lipinski definition) is 1. The Morgan fingerprint density at radius 3 is 2.87 bits per heavy atom. The van der Waals surface area contributed by atoms with Crippen LogP contribution in [0.2, 0.25) is 0 Å². The number of morpholine rings is 1. The van der Waals surface area contributed by atoms with Crippen molar-refractivity contribution in [2.24, 2.45) is 0 Å². The maximum Gasteiger partial charge on any atom is 0.128 e. The number of ether oxygens (including phenoxy) is 1. The van der Waals surface area contributed by atoms with Crippen molar-refractivity contribution in [1.82, 2.24) is 4.98 Å². The molecule has 0 amide bonds. The molecule has 2 rings (SSSR count). The van der Waals surface area contributed by atoms with Crippen LogP contribution in [-0.4, -0.2) is 30.3 Å². The van der Waals surface area contributed by atoms with E-state index in [1.165, 1.54) is 0 Å². The molecule has 0 saturated carbocycles. The molecule has 1 saturated heterocycles. The van der Waals surface area contributed by atoms with Crippen LogP contribution < -0.4 is 10.6 Å². The third kappa shape index (κ3) is 2.39. The molecule has 0 bridgehead atoms. The van der Waals surface area contributed by atoms with Crippen molar-refractivity contribution in [2.75, 3.05) is 30.3 Å². The van der Waals surface area contributed by atoms with Crippen molar-refractivity contribution in [3.05, 3.63) is 18.3 Å². The summed E-state index contributed by atoms with van der Waals surface area (Å²) in [6, 6.07) is 3.83. The summed E-state index contributed by atoms with van der Waals surface area (Å²) in [5, 5.41) is 0. The molecule has 1 fully saturated rings. The van der Waals surface area contributed by atoms with E-state index in [1.54, 1.807) is 6.20 Å². The van der Waals surface area contributed by atoms with Crippen molar-refractivity contribution >= 4 is 11.5 Å². The van der Waals surface area contributed by atoms with Gasteiger partial charge in [0.25, 0.3) is 0 Å². The van der Waals surface area contributed by atoms with Crippen LogP contribution in [0.4, 0.5) is 11.5 Å². The van der Waals surface area contributed by atoms with Gasteiger partial charge in [-0.05, 0) is 26.0 Å². The molecule has 82 valence electrons. The van der Waals surface area contributed by atoms with E-state index < -0.39 is 0 Å². The number of rotatable bonds is 1. The van der Waals surface area contributed by atoms with E-state index in [2.05, 4.69) is 23.7 Å². The second kappa shape index (κ2) is 3.70. The van der Waals surface area contributed by atoms with E-state index >= 15 is 0 Å². The largest absolute Gasteiger partial charge is 0.397 e. The highest BCUT2D eigenvalue weighted by molar-refractivity contribution is 5.46. The van der Waals surface area contributed by atoms with Crippen molar-refractivity contribution in [2.45, 2.75) is 19.4 Å². The summed E-state index contributed by atoms with van der Waals surface area (Å²) in [7, 11) is 0. The molecule has 2 heterocycles. The summed E-state index contributed by atoms with van der Waals surface area (Å²) in [4.78, 5) is 6.54. The number of anilines is 2. The molecule has 4 nitrogen and oxygen atoms in total. The molecule has 2 N–H and O–H groups in total. The molecule has 15 heavy (non-hydrogen) atoms. The zero-order valence-electron chi connectivity index (χ0n) is 9.23. The van der Waals surface area contributed by atoms with E-state index in [-0.39, 0.29) is 5.60 Å². The predicted octanol–water partition coefficient (Wildman–Crippen LogP) is 1.28. The maximum absolute atomic E-state index is 5.65. The minimum Gasteiger partial charge on any atom is -0.397 e. The van der Waals surface area contributed by atoms with Gasteiger partial charge in [0.05, 0.1) is 24.1 Å². The molecule has 1 aliphatic heterocycles. The average Bonchev–Trinajstić information content (AvgIpc) is 2.17. The Morgan fingerprint density at radius 2 is 2.27 bits per heavy atom. The van der Waals surface area contributed by atoms with E-state index in [1.807, 2.05) is 12.1 Å². The number of nitrogens with zero attached hydrogens (tertiary/aromatic N) is 2. The number of pyridine rings is 1. The lowest BCUT2D eigenvalue weighted by molar-refractivity contribution is -0.0279. The third-order valence-electron chi connectivity index (χ3n) is 2.52. The van der Waals surface area contributed by atoms with Gasteiger partial charge >= 0.3 is 0 Å². The van der Waals surface area contributed by atoms with Gasteiger partial charge in [0.1, 0.15) is 5.82 Å². The highest BCUT2D eigenvalue weighted by Gasteiger charge is 2.27. The van der Waals surface area contributed by atoms with Crippen LogP contribution >= 0.6 is 0 Å². The number of aromatic nitrogens is 1. The smallest absolute Gasteiger partial charge is 0.128 e. The zero-order chi connectivity index (χ0) is 10.9. The van der Waals surface area contributed by atoms with Crippen molar-refractivity contribution in [3.63, 3.8) is 0 Å². The van der Waals surface area contributed by atoms with Gasteiger partial charge in [0, 0.05) is 13.1 Å². The van der Waals surface area contributed by atoms with Gasteiger partial charge in [-0.2, -0.15) is 0 Å². The first-order valence-corrected chi connectivity index (χ1v) is 5.17. The molecule has 0 radical (unpaired) electrons. The van der Waals surface area contributed by atoms with Gasteiger partial charge in [0.2, 0.25) is 0 Å². The Morgan fingerprint density at radius 1 is 1.47 bits per heavy atom. The molecule has 0 aliphatic carbocycles. The summed E-state index contributed by atoms with van der Waals surface area (Å²) in [6.07, 6.45) is 1.69. The zero-order valence-corrected chi connectivity index (χ0v) is 9.23. The van der Waals surface area contributed by atoms with Crippen LogP contribution in [0.5, 0.6) is 0 Å². The molecule has 0 aromatic carbocycles. The van der Waals surface area contributed by atoms with Crippen molar-refractivity contribution in [3.8, 4) is 0 Å². The van der Waals surface area contributed by atoms with Gasteiger partial charge < -0.3 is 15.4 Å². The standard InChI is InChI=1S/C11H17N3O/c1-11(2)8-14(5-6-15-11)10-4-3-9(12)7-13-10/h3-4,7H,5-6,8,12H2,1-2H3. The van der Waals surface area contributed by atoms with Gasteiger partial charge in [0.15, 0.2) is 0 Å². The van der Waals surface area contributed by atoms with Crippen LogP contribution in [0.25, 0.3) is 0 Å². The maximum atomic E-state index is 5.65. The molecule has 1 aliphatic rings. The van der Waals surface area contributed by atoms with Gasteiger partial charge in [-0.1, -0.05) is 0 Å². The SMILES string of the molecule is CC1(C)CN(c2ccc(N)cn2)CCO1. The van der Waals surface area contributed by atoms with Crippen LogP contribution in [0, 0.1) is 0 Å². The molecule has 0 unspecified atom stereocenters. The molecular formula is C11H17N3O. The minimum absolute atomic E-state index is 0.0959. The van der Waals surface area contributed by atoms with E-state index in [0.29, 0.717) is 5.69 Å². The summed E-state index contributed by atoms with van der Waals surface area (Å²) in [6.45, 7) is 6.69. The first-order valence-electron chi connectivity index (χ1n) is 5.17. The predicted molar refractivity (Wildman–Crippen MR) is 60.9 cm³/mol. The molecule has 0 spiro atoms. The van der Waals surface area contributed by atoms with Crippen LogP contribution in [0.3, 0.4) is 0 Å². The normalized spacial score (nSPS) is 20.3. The fourth-order valence-corrected chi connectivity index (χ4v) is 1.80. The highest BCUT2D eigenvalue weighted by atomic mass is 16.5. The lowest BCUT2D eigenvalue weighted by Gasteiger charge is -2.38. The van der Waals surface area contributed by atoms with Gasteiger partial charge in [-0.3, -0.25) is 0 Å². The van der Waals surface area contributed by atoms with Crippen LogP contribution in [-0.2, 0) is 4.74 Å². The molecule has 1 aromatic rings. The quantitative estimate of drug-likeness (QED) is 0.753. The van der Waals surface area contributed by atoms with Crippen LogP contribution in [0.1, 0.15) is 13.8 Å². The Kier molecular flexibility index (Phi) is 2.52. The summed E-state index contributed by atoms with van der Waals surface area (Å²) >= 11 is 0. The fourth-order valence-electron chi connectivity index (χ4n) is 1.80. The van der Waals surface area contributed by atoms with E-state index in [9.17, 15) is 0 Å². The van der Waals surface area contributed by atoms with Crippen LogP contribution in [0.15, 0.2) is 18.3 Å². The molecular weight excluding hydrogens is 190 g/mol. The average molecular weight is 207 g/mol. The van der Waals surface area contributed by atoms with E-state index in [0.717, 1.165) is 25.5 Å². The first-order chi connectivity index (χ1) is 7.07. The summed E-state index contributed by atoms with van der Waals surface area (Å²) < 4.78 is 5.65. The number of nitrogens with two attached hydrogens (primary N) is 1. The fraction of sp³-hybridized carbons (Fsp3) is 0.545. The summed E-state index contributed by atoms with van der Waals surface area (Å²) in [5.74, 6) is 0.973. The minimum atomic E-state index is -0.0959. The number of nitrogen functional groups attached to an aromatic ring is 1. The molecule has 4 heteroatoms. The first kappa shape index (κ1) is 10.2.